The minimum absolute atomic E-state index is 0.0936. The molecule has 0 atom stereocenters. The summed E-state index contributed by atoms with van der Waals surface area (Å²) in [6.07, 6.45) is 6.84. The molecule has 1 fully saturated rings. The molecule has 1 aliphatic rings. The fraction of sp³-hybridized carbons (Fsp3) is 0.333. The Morgan fingerprint density at radius 1 is 1.32 bits per heavy atom. The topological polar surface area (TPSA) is 75.9 Å². The molecule has 0 saturated carbocycles. The zero-order chi connectivity index (χ0) is 19.7. The van der Waals surface area contributed by atoms with Crippen molar-refractivity contribution in [2.75, 3.05) is 25.0 Å². The Labute approximate surface area is 149 Å². The van der Waals surface area contributed by atoms with Gasteiger partial charge in [0.25, 0.3) is 0 Å². The third-order valence-corrected chi connectivity index (χ3v) is 4.29. The van der Waals surface area contributed by atoms with Gasteiger partial charge in [-0.3, -0.25) is 14.4 Å². The van der Waals surface area contributed by atoms with Gasteiger partial charge in [0.15, 0.2) is 0 Å². The highest BCUT2D eigenvalue weighted by molar-refractivity contribution is 5.93. The first-order chi connectivity index (χ1) is 13.4. The predicted octanol–water partition coefficient (Wildman–Crippen LogP) is 2.06. The van der Waals surface area contributed by atoms with Gasteiger partial charge in [-0.25, -0.2) is 9.97 Å². The summed E-state index contributed by atoms with van der Waals surface area (Å²) in [5.41, 5.74) is 1.86. The lowest BCUT2D eigenvalue weighted by molar-refractivity contribution is -0.117. The van der Waals surface area contributed by atoms with Crippen molar-refractivity contribution < 1.29 is 8.91 Å². The normalized spacial score (nSPS) is 17.2. The number of pyridine rings is 2. The van der Waals surface area contributed by atoms with Crippen LogP contribution in [0.4, 0.5) is 5.82 Å². The second kappa shape index (κ2) is 6.60. The highest BCUT2D eigenvalue weighted by atomic mass is 16.2. The number of nitrogens with one attached hydrogen (secondary N) is 1. The number of likely N-dealkylation sites (tertiary alicyclic amines) is 1. The number of aryl methyl sites for hydroxylation is 1. The number of carbonyl (C=O) groups is 1. The number of anilines is 1. The lowest BCUT2D eigenvalue weighted by atomic mass is 10.2. The van der Waals surface area contributed by atoms with Gasteiger partial charge in [-0.05, 0) is 38.1 Å². The number of aromatic nitrogens is 4. The maximum absolute atomic E-state index is 12.2. The third-order valence-electron chi connectivity index (χ3n) is 4.29. The fourth-order valence-corrected chi connectivity index (χ4v) is 3.03. The van der Waals surface area contributed by atoms with E-state index in [0.29, 0.717) is 29.1 Å². The number of carbonyl (C=O) groups excluding carboxylic acids is 1. The van der Waals surface area contributed by atoms with Crippen molar-refractivity contribution in [1.82, 2.24) is 24.6 Å². The van der Waals surface area contributed by atoms with E-state index in [1.165, 1.54) is 12.4 Å². The molecular formula is C18H20N6O. The van der Waals surface area contributed by atoms with Gasteiger partial charge in [0.2, 0.25) is 5.91 Å². The van der Waals surface area contributed by atoms with Crippen LogP contribution in [0.15, 0.2) is 36.8 Å². The molecule has 25 heavy (non-hydrogen) atoms. The first kappa shape index (κ1) is 12.5. The average molecular weight is 339 g/mol. The Morgan fingerprint density at radius 3 is 3.00 bits per heavy atom. The average Bonchev–Trinajstić information content (AvgIpc) is 3.32. The molecule has 3 aromatic rings. The van der Waals surface area contributed by atoms with Gasteiger partial charge in [0.05, 0.1) is 24.0 Å². The number of rotatable bonds is 4. The van der Waals surface area contributed by atoms with Crippen LogP contribution in [0.25, 0.3) is 22.2 Å². The summed E-state index contributed by atoms with van der Waals surface area (Å²) in [5, 5.41) is 7.54. The monoisotopic (exact) mass is 339 g/mol. The molecule has 4 heterocycles. The van der Waals surface area contributed by atoms with E-state index in [4.69, 9.17) is 4.11 Å². The molecule has 1 amide bonds. The number of amides is 1. The second-order valence-corrected chi connectivity index (χ2v) is 6.16. The van der Waals surface area contributed by atoms with Crippen molar-refractivity contribution in [2.24, 2.45) is 6.98 Å². The minimum atomic E-state index is -2.33. The van der Waals surface area contributed by atoms with E-state index >= 15 is 0 Å². The Kier molecular flexibility index (Phi) is 3.31. The van der Waals surface area contributed by atoms with E-state index < -0.39 is 6.98 Å². The number of hydrogen-bond donors (Lipinski definition) is 1. The van der Waals surface area contributed by atoms with Crippen LogP contribution in [0.5, 0.6) is 0 Å². The van der Waals surface area contributed by atoms with Crippen LogP contribution < -0.4 is 5.32 Å². The molecule has 0 aromatic carbocycles. The van der Waals surface area contributed by atoms with Crippen molar-refractivity contribution in [3.8, 4) is 11.3 Å². The van der Waals surface area contributed by atoms with Crippen molar-refractivity contribution in [1.29, 1.82) is 0 Å². The highest BCUT2D eigenvalue weighted by Gasteiger charge is 2.15. The van der Waals surface area contributed by atoms with Crippen molar-refractivity contribution >= 4 is 22.6 Å². The standard InChI is InChI=1S/C18H20N6O/c1-23-11-14(10-20-23)15-5-4-13-9-19-17(8-16(13)21-15)22-18(25)12-24-6-2-3-7-24/h4-5,8-11H,2-3,6-7,12H2,1H3,(H,19,22,25)/i1D3. The van der Waals surface area contributed by atoms with E-state index in [1.54, 1.807) is 18.3 Å². The van der Waals surface area contributed by atoms with E-state index in [-0.39, 0.29) is 5.91 Å². The molecule has 3 aromatic heterocycles. The maximum Gasteiger partial charge on any atom is 0.239 e. The first-order valence-corrected chi connectivity index (χ1v) is 8.23. The number of hydrogen-bond acceptors (Lipinski definition) is 5. The van der Waals surface area contributed by atoms with Gasteiger partial charge in [-0.1, -0.05) is 0 Å². The van der Waals surface area contributed by atoms with Crippen LogP contribution in [0.1, 0.15) is 17.0 Å². The maximum atomic E-state index is 12.2. The summed E-state index contributed by atoms with van der Waals surface area (Å²) in [6, 6.07) is 5.36. The summed E-state index contributed by atoms with van der Waals surface area (Å²) >= 11 is 0. The first-order valence-electron chi connectivity index (χ1n) is 9.73. The van der Waals surface area contributed by atoms with E-state index in [9.17, 15) is 4.79 Å². The number of nitrogens with zero attached hydrogens (tertiary/aromatic N) is 5. The molecule has 1 N–H and O–H groups in total. The smallest absolute Gasteiger partial charge is 0.239 e. The van der Waals surface area contributed by atoms with Gasteiger partial charge in [0.1, 0.15) is 5.82 Å². The predicted molar refractivity (Wildman–Crippen MR) is 96.0 cm³/mol. The zero-order valence-electron chi connectivity index (χ0n) is 16.6. The van der Waals surface area contributed by atoms with E-state index in [0.717, 1.165) is 36.0 Å². The van der Waals surface area contributed by atoms with Crippen LogP contribution in [0.3, 0.4) is 0 Å². The molecule has 128 valence electrons. The molecule has 1 saturated heterocycles. The SMILES string of the molecule is [2H]C([2H])([2H])n1cc(-c2ccc3cnc(NC(=O)CN4CCCC4)cc3n2)cn1. The lowest BCUT2D eigenvalue weighted by Crippen LogP contribution is -2.31. The van der Waals surface area contributed by atoms with Gasteiger partial charge < -0.3 is 5.32 Å². The fourth-order valence-electron chi connectivity index (χ4n) is 3.03. The lowest BCUT2D eigenvalue weighted by Gasteiger charge is -2.13. The van der Waals surface area contributed by atoms with Gasteiger partial charge in [0, 0.05) is 40.5 Å². The molecule has 1 aliphatic heterocycles. The van der Waals surface area contributed by atoms with Gasteiger partial charge >= 0.3 is 0 Å². The largest absolute Gasteiger partial charge is 0.310 e. The summed E-state index contributed by atoms with van der Waals surface area (Å²) in [4.78, 5) is 23.2. The third kappa shape index (κ3) is 3.51. The minimum Gasteiger partial charge on any atom is -0.310 e. The zero-order valence-corrected chi connectivity index (χ0v) is 13.6. The molecule has 0 unspecified atom stereocenters. The molecular weight excluding hydrogens is 316 g/mol. The molecule has 4 rings (SSSR count). The Balaban J connectivity index is 1.55. The van der Waals surface area contributed by atoms with Crippen molar-refractivity contribution in [2.45, 2.75) is 12.8 Å². The van der Waals surface area contributed by atoms with Crippen LogP contribution in [0.2, 0.25) is 0 Å². The Morgan fingerprint density at radius 2 is 2.20 bits per heavy atom. The molecule has 0 spiro atoms. The van der Waals surface area contributed by atoms with E-state index in [2.05, 4.69) is 25.3 Å². The molecule has 0 radical (unpaired) electrons. The Hall–Kier alpha value is -2.80. The molecule has 7 heteroatoms. The summed E-state index contributed by atoms with van der Waals surface area (Å²) in [5.74, 6) is 0.350. The van der Waals surface area contributed by atoms with Crippen molar-refractivity contribution in [3.63, 3.8) is 0 Å². The van der Waals surface area contributed by atoms with Crippen LogP contribution >= 0.6 is 0 Å². The molecule has 0 bridgehead atoms. The molecule has 7 nitrogen and oxygen atoms in total. The van der Waals surface area contributed by atoms with Crippen LogP contribution in [0, 0.1) is 0 Å². The van der Waals surface area contributed by atoms with Crippen LogP contribution in [-0.4, -0.2) is 50.2 Å². The van der Waals surface area contributed by atoms with E-state index in [1.807, 2.05) is 6.07 Å². The van der Waals surface area contributed by atoms with Crippen molar-refractivity contribution in [3.05, 3.63) is 36.8 Å². The van der Waals surface area contributed by atoms with Gasteiger partial charge in [-0.15, -0.1) is 0 Å². The number of fused-ring (bicyclic) bond motifs is 1. The second-order valence-electron chi connectivity index (χ2n) is 6.16. The Bertz CT molecular complexity index is 1010. The highest BCUT2D eigenvalue weighted by Crippen LogP contribution is 2.21. The van der Waals surface area contributed by atoms with Crippen LogP contribution in [-0.2, 0) is 11.8 Å². The summed E-state index contributed by atoms with van der Waals surface area (Å²) < 4.78 is 23.2. The summed E-state index contributed by atoms with van der Waals surface area (Å²) in [6.45, 7) is -0.0614. The van der Waals surface area contributed by atoms with Gasteiger partial charge in [-0.2, -0.15) is 5.10 Å². The quantitative estimate of drug-likeness (QED) is 0.787. The summed E-state index contributed by atoms with van der Waals surface area (Å²) in [7, 11) is 0. The molecule has 0 aliphatic carbocycles.